The van der Waals surface area contributed by atoms with Crippen molar-refractivity contribution in [1.29, 1.82) is 0 Å². The van der Waals surface area contributed by atoms with Crippen LogP contribution in [-0.4, -0.2) is 24.9 Å². The summed E-state index contributed by atoms with van der Waals surface area (Å²) in [7, 11) is 0. The smallest absolute Gasteiger partial charge is 0.113 e. The molecule has 7 heavy (non-hydrogen) atoms. The Labute approximate surface area is 42.5 Å². The molecule has 0 atom stereocenters. The van der Waals surface area contributed by atoms with Gasteiger partial charge in [0.15, 0.2) is 0 Å². The van der Waals surface area contributed by atoms with E-state index in [1.807, 2.05) is 0 Å². The summed E-state index contributed by atoms with van der Waals surface area (Å²) in [6.07, 6.45) is 0. The topological polar surface area (TPSA) is 49.4 Å². The van der Waals surface area contributed by atoms with Crippen LogP contribution >= 0.6 is 0 Å². The molecule has 0 saturated carbocycles. The Bertz CT molecular complexity index is 26.1. The first kappa shape index (κ1) is 6.88. The molecule has 0 amide bonds. The van der Waals surface area contributed by atoms with Gasteiger partial charge in [-0.1, -0.05) is 0 Å². The summed E-state index contributed by atoms with van der Waals surface area (Å²) in [5.41, 5.74) is 0. The molecule has 2 radical (unpaired) electrons. The fraction of sp³-hybridized carbons (Fsp3) is 0.750. The van der Waals surface area contributed by atoms with E-state index in [0.717, 1.165) is 6.61 Å². The highest BCUT2D eigenvalue weighted by atomic mass is 16.5. The van der Waals surface area contributed by atoms with Crippen LogP contribution < -0.4 is 0 Å². The minimum absolute atomic E-state index is 0.0312. The molecule has 3 nitrogen and oxygen atoms in total. The maximum absolute atomic E-state index is 9.54. The van der Waals surface area contributed by atoms with Gasteiger partial charge in [-0.2, -0.15) is 0 Å². The van der Waals surface area contributed by atoms with E-state index in [1.54, 1.807) is 0 Å². The van der Waals surface area contributed by atoms with E-state index in [1.165, 1.54) is 0 Å². The summed E-state index contributed by atoms with van der Waals surface area (Å²) in [5.74, 6) is 0. The van der Waals surface area contributed by atoms with Crippen molar-refractivity contribution in [3.8, 4) is 0 Å². The number of aliphatic hydroxyl groups excluding tert-OH is 1. The highest BCUT2D eigenvalue weighted by Gasteiger charge is 1.81. The number of hydrogen-bond donors (Lipinski definition) is 1. The molecule has 0 aromatic rings. The van der Waals surface area contributed by atoms with Gasteiger partial charge in [-0.05, 0) is 0 Å². The number of ether oxygens (including phenoxy) is 1. The van der Waals surface area contributed by atoms with E-state index in [0.29, 0.717) is 0 Å². The average molecular weight is 104 g/mol. The van der Waals surface area contributed by atoms with Gasteiger partial charge in [-0.25, -0.2) is 5.11 Å². The Morgan fingerprint density at radius 1 is 1.71 bits per heavy atom. The monoisotopic (exact) mass is 104 g/mol. The van der Waals surface area contributed by atoms with Crippen LogP contribution in [0.3, 0.4) is 0 Å². The molecule has 42 valence electrons. The molecule has 0 bridgehead atoms. The first-order valence-electron chi connectivity index (χ1n) is 2.04. The second-order valence-corrected chi connectivity index (χ2v) is 0.928. The summed E-state index contributed by atoms with van der Waals surface area (Å²) in [5, 5.41) is 17.6. The fourth-order valence-corrected chi connectivity index (χ4v) is 0.184. The second-order valence-electron chi connectivity index (χ2n) is 0.928. The highest BCUT2D eigenvalue weighted by molar-refractivity contribution is 4.41. The zero-order valence-electron chi connectivity index (χ0n) is 3.96. The van der Waals surface area contributed by atoms with Crippen LogP contribution in [0.25, 0.3) is 0 Å². The normalized spacial score (nSPS) is 9.43. The molecule has 0 heterocycles. The Balaban J connectivity index is 2.45. The van der Waals surface area contributed by atoms with E-state index < -0.39 is 0 Å². The molecule has 0 unspecified atom stereocenters. The van der Waals surface area contributed by atoms with E-state index in [9.17, 15) is 5.11 Å². The van der Waals surface area contributed by atoms with Gasteiger partial charge in [0.1, 0.15) is 13.2 Å². The summed E-state index contributed by atoms with van der Waals surface area (Å²) >= 11 is 0. The van der Waals surface area contributed by atoms with Crippen LogP contribution in [0.2, 0.25) is 0 Å². The van der Waals surface area contributed by atoms with E-state index >= 15 is 0 Å². The van der Waals surface area contributed by atoms with Crippen LogP contribution in [0.4, 0.5) is 0 Å². The van der Waals surface area contributed by atoms with Crippen molar-refractivity contribution < 1.29 is 14.9 Å². The second kappa shape index (κ2) is 5.88. The van der Waals surface area contributed by atoms with Crippen molar-refractivity contribution in [1.82, 2.24) is 0 Å². The molecule has 0 fully saturated rings. The van der Waals surface area contributed by atoms with Crippen LogP contribution in [-0.2, 0) is 9.84 Å². The van der Waals surface area contributed by atoms with Crippen LogP contribution in [0.1, 0.15) is 0 Å². The van der Waals surface area contributed by atoms with Gasteiger partial charge >= 0.3 is 0 Å². The predicted molar refractivity (Wildman–Crippen MR) is 22.9 cm³/mol. The maximum atomic E-state index is 9.54. The van der Waals surface area contributed by atoms with Gasteiger partial charge in [-0.3, -0.25) is 0 Å². The zero-order chi connectivity index (χ0) is 5.54. The summed E-state index contributed by atoms with van der Waals surface area (Å²) in [6.45, 7) is 0.967. The molecule has 0 aromatic heterocycles. The molecule has 0 aliphatic heterocycles. The lowest BCUT2D eigenvalue weighted by Gasteiger charge is -1.92. The molecule has 0 saturated heterocycles. The summed E-state index contributed by atoms with van der Waals surface area (Å²) in [6, 6.07) is 0. The average Bonchev–Trinajstić information content (AvgIpc) is 1.69. The lowest BCUT2D eigenvalue weighted by Crippen LogP contribution is -1.97. The van der Waals surface area contributed by atoms with Crippen molar-refractivity contribution in [2.75, 3.05) is 19.8 Å². The molecule has 3 heteroatoms. The van der Waals surface area contributed by atoms with Gasteiger partial charge < -0.3 is 9.84 Å². The van der Waals surface area contributed by atoms with Gasteiger partial charge in [0, 0.05) is 0 Å². The lowest BCUT2D eigenvalue weighted by molar-refractivity contribution is 0.0904. The van der Waals surface area contributed by atoms with Crippen molar-refractivity contribution >= 4 is 0 Å². The molecule has 1 N–H and O–H groups in total. The Morgan fingerprint density at radius 2 is 2.43 bits per heavy atom. The summed E-state index contributed by atoms with van der Waals surface area (Å²) < 4.78 is 4.44. The van der Waals surface area contributed by atoms with Gasteiger partial charge in [0.05, 0.1) is 13.2 Å². The third kappa shape index (κ3) is 5.88. The van der Waals surface area contributed by atoms with Crippen molar-refractivity contribution in [3.63, 3.8) is 0 Å². The molecule has 0 aliphatic carbocycles. The minimum atomic E-state index is -0.347. The van der Waals surface area contributed by atoms with Gasteiger partial charge in [-0.15, -0.1) is 0 Å². The maximum Gasteiger partial charge on any atom is 0.113 e. The number of aliphatic hydroxyl groups is 1. The summed E-state index contributed by atoms with van der Waals surface area (Å²) in [4.78, 5) is 0. The molecule has 0 rings (SSSR count). The van der Waals surface area contributed by atoms with E-state index in [-0.39, 0.29) is 19.8 Å². The molecule has 0 spiro atoms. The Kier molecular flexibility index (Phi) is 5.78. The first-order valence-corrected chi connectivity index (χ1v) is 2.04. The van der Waals surface area contributed by atoms with Gasteiger partial charge in [0.2, 0.25) is 0 Å². The zero-order valence-corrected chi connectivity index (χ0v) is 3.96. The van der Waals surface area contributed by atoms with Crippen molar-refractivity contribution in [3.05, 3.63) is 6.61 Å². The number of hydrogen-bond acceptors (Lipinski definition) is 2. The largest absolute Gasteiger partial charge is 0.394 e. The van der Waals surface area contributed by atoms with Crippen LogP contribution in [0.15, 0.2) is 0 Å². The Morgan fingerprint density at radius 3 is 2.86 bits per heavy atom. The predicted octanol–water partition coefficient (Wildman–Crippen LogP) is -0.412. The Hall–Kier alpha value is -0.120. The van der Waals surface area contributed by atoms with Crippen molar-refractivity contribution in [2.24, 2.45) is 0 Å². The standard InChI is InChI=1S/C4H8O3/c5-1-3-7-4-2-6/h3,6H,1-2,4H2. The third-order valence-corrected chi connectivity index (χ3v) is 0.395. The van der Waals surface area contributed by atoms with Crippen LogP contribution in [0, 0.1) is 6.61 Å². The quantitative estimate of drug-likeness (QED) is 0.493. The number of rotatable bonds is 4. The molecule has 0 aliphatic rings. The van der Waals surface area contributed by atoms with E-state index in [2.05, 4.69) is 4.74 Å². The molecule has 0 aromatic carbocycles. The van der Waals surface area contributed by atoms with E-state index in [4.69, 9.17) is 5.11 Å². The molecular weight excluding hydrogens is 96.0 g/mol. The van der Waals surface area contributed by atoms with Crippen molar-refractivity contribution in [2.45, 2.75) is 0 Å². The third-order valence-electron chi connectivity index (χ3n) is 0.395. The minimum Gasteiger partial charge on any atom is -0.394 e. The lowest BCUT2D eigenvalue weighted by atomic mass is 10.7. The fourth-order valence-electron chi connectivity index (χ4n) is 0.184. The first-order chi connectivity index (χ1) is 3.41. The van der Waals surface area contributed by atoms with Crippen LogP contribution in [0.5, 0.6) is 0 Å². The SMILES string of the molecule is [O]C[CH]OCCO. The highest BCUT2D eigenvalue weighted by Crippen LogP contribution is 1.75. The molecular formula is C4H8O3. The van der Waals surface area contributed by atoms with Gasteiger partial charge in [0.25, 0.3) is 0 Å².